The highest BCUT2D eigenvalue weighted by Gasteiger charge is 2.33. The standard InChI is InChI=1S/C25H26NOS2/c1-3-26-20-14-10-12-16-22(20)28-24(26)18-8-6-5-7-9-19-25-27(4-2)21-15-11-13-17-23(21)29-25/h5-19,25H,3-4H2,1-2H3/q+1/b7-5+,8-6+,19-9+,24-18+. The molecule has 2 aromatic rings. The van der Waals surface area contributed by atoms with Gasteiger partial charge in [-0.2, -0.15) is 0 Å². The SMILES string of the molecule is CCN1\C(=C/C=C/C=C/C=C/C2Sc3ccccc3[O+]2CC)Sc2ccccc21. The van der Waals surface area contributed by atoms with Gasteiger partial charge in [0.2, 0.25) is 0 Å². The van der Waals surface area contributed by atoms with Crippen LogP contribution in [0.1, 0.15) is 13.8 Å². The highest BCUT2D eigenvalue weighted by atomic mass is 32.2. The number of nitrogens with zero attached hydrogens (tertiary/aromatic N) is 1. The fourth-order valence-electron chi connectivity index (χ4n) is 3.51. The molecular formula is C25H26NOS2+. The summed E-state index contributed by atoms with van der Waals surface area (Å²) in [4.78, 5) is 5.03. The van der Waals surface area contributed by atoms with Crippen molar-refractivity contribution in [1.29, 1.82) is 0 Å². The summed E-state index contributed by atoms with van der Waals surface area (Å²) in [5.74, 6) is 1.26. The zero-order chi connectivity index (χ0) is 20.1. The summed E-state index contributed by atoms with van der Waals surface area (Å²) >= 11 is 3.72. The predicted octanol–water partition coefficient (Wildman–Crippen LogP) is 7.55. The number of para-hydroxylation sites is 2. The molecule has 0 bridgehead atoms. The first kappa shape index (κ1) is 20.0. The number of benzene rings is 2. The molecule has 0 amide bonds. The number of hydrogen-bond donors (Lipinski definition) is 0. The zero-order valence-corrected chi connectivity index (χ0v) is 18.5. The Labute approximate surface area is 182 Å². The van der Waals surface area contributed by atoms with Crippen LogP contribution in [0.4, 0.5) is 5.69 Å². The molecule has 2 aromatic carbocycles. The molecule has 4 rings (SSSR count). The van der Waals surface area contributed by atoms with Gasteiger partial charge in [-0.05, 0) is 43.0 Å². The summed E-state index contributed by atoms with van der Waals surface area (Å²) in [7, 11) is 0. The summed E-state index contributed by atoms with van der Waals surface area (Å²) < 4.78 is 3.35. The van der Waals surface area contributed by atoms with Gasteiger partial charge in [0.15, 0.2) is 6.61 Å². The van der Waals surface area contributed by atoms with Crippen LogP contribution in [0.3, 0.4) is 0 Å². The molecule has 148 valence electrons. The summed E-state index contributed by atoms with van der Waals surface area (Å²) in [6, 6.07) is 17.2. The maximum absolute atomic E-state index is 3.35. The quantitative estimate of drug-likeness (QED) is 0.352. The van der Waals surface area contributed by atoms with Gasteiger partial charge in [-0.25, -0.2) is 0 Å². The lowest BCUT2D eigenvalue weighted by Crippen LogP contribution is -2.16. The molecule has 4 heteroatoms. The van der Waals surface area contributed by atoms with Crippen LogP contribution < -0.4 is 4.90 Å². The van der Waals surface area contributed by atoms with Crippen LogP contribution in [-0.2, 0) is 4.37 Å². The van der Waals surface area contributed by atoms with E-state index >= 15 is 0 Å². The molecule has 0 fully saturated rings. The van der Waals surface area contributed by atoms with E-state index in [1.165, 1.54) is 26.3 Å². The van der Waals surface area contributed by atoms with Gasteiger partial charge in [-0.1, -0.05) is 66.4 Å². The highest BCUT2D eigenvalue weighted by Crippen LogP contribution is 2.50. The molecule has 0 spiro atoms. The van der Waals surface area contributed by atoms with E-state index in [9.17, 15) is 0 Å². The molecule has 2 nitrogen and oxygen atoms in total. The van der Waals surface area contributed by atoms with Crippen molar-refractivity contribution < 1.29 is 4.37 Å². The first-order valence-corrected chi connectivity index (χ1v) is 11.7. The molecule has 1 atom stereocenters. The average molecular weight is 421 g/mol. The third-order valence-corrected chi connectivity index (χ3v) is 7.21. The normalized spacial score (nSPS) is 19.9. The van der Waals surface area contributed by atoms with Crippen LogP contribution in [-0.4, -0.2) is 18.6 Å². The second kappa shape index (κ2) is 9.47. The van der Waals surface area contributed by atoms with Gasteiger partial charge in [-0.15, -0.1) is 0 Å². The minimum atomic E-state index is 0.291. The van der Waals surface area contributed by atoms with Gasteiger partial charge in [0, 0.05) is 30.5 Å². The highest BCUT2D eigenvalue weighted by molar-refractivity contribution is 8.03. The van der Waals surface area contributed by atoms with Gasteiger partial charge >= 0.3 is 0 Å². The lowest BCUT2D eigenvalue weighted by atomic mass is 10.3. The molecule has 0 radical (unpaired) electrons. The van der Waals surface area contributed by atoms with Crippen molar-refractivity contribution in [3.8, 4) is 5.75 Å². The summed E-state index contributed by atoms with van der Waals surface area (Å²) in [6.45, 7) is 6.29. The molecule has 0 saturated carbocycles. The van der Waals surface area contributed by atoms with Gasteiger partial charge in [0.1, 0.15) is 4.90 Å². The molecule has 0 aromatic heterocycles. The second-order valence-electron chi connectivity index (χ2n) is 6.62. The third-order valence-electron chi connectivity index (χ3n) is 4.87. The van der Waals surface area contributed by atoms with E-state index in [1.54, 1.807) is 0 Å². The number of fused-ring (bicyclic) bond motifs is 2. The van der Waals surface area contributed by atoms with Gasteiger partial charge in [0.05, 0.1) is 10.7 Å². The summed E-state index contributed by atoms with van der Waals surface area (Å²) in [5, 5.41) is 1.28. The Morgan fingerprint density at radius 2 is 1.62 bits per heavy atom. The maximum atomic E-state index is 3.35. The van der Waals surface area contributed by atoms with Crippen LogP contribution in [0.15, 0.2) is 106 Å². The van der Waals surface area contributed by atoms with Crippen molar-refractivity contribution in [3.05, 3.63) is 96.1 Å². The first-order valence-electron chi connectivity index (χ1n) is 10.0. The van der Waals surface area contributed by atoms with E-state index in [-0.39, 0.29) is 0 Å². The average Bonchev–Trinajstić information content (AvgIpc) is 3.29. The minimum Gasteiger partial charge on any atom is -0.559 e. The molecule has 2 aliphatic rings. The number of rotatable bonds is 6. The van der Waals surface area contributed by atoms with E-state index in [1.807, 2.05) is 23.5 Å². The van der Waals surface area contributed by atoms with Crippen molar-refractivity contribution >= 4 is 29.2 Å². The Bertz CT molecular complexity index is 976. The maximum Gasteiger partial charge on any atom is 0.270 e. The molecule has 0 N–H and O–H groups in total. The van der Waals surface area contributed by atoms with Gasteiger partial charge in [-0.3, -0.25) is 0 Å². The number of hydrogen-bond acceptors (Lipinski definition) is 3. The Balaban J connectivity index is 1.34. The first-order chi connectivity index (χ1) is 14.3. The predicted molar refractivity (Wildman–Crippen MR) is 128 cm³/mol. The van der Waals surface area contributed by atoms with E-state index in [0.29, 0.717) is 5.44 Å². The smallest absolute Gasteiger partial charge is 0.270 e. The van der Waals surface area contributed by atoms with Crippen molar-refractivity contribution in [2.45, 2.75) is 29.1 Å². The van der Waals surface area contributed by atoms with E-state index in [4.69, 9.17) is 0 Å². The fourth-order valence-corrected chi connectivity index (χ4v) is 5.88. The molecule has 0 saturated heterocycles. The van der Waals surface area contributed by atoms with E-state index < -0.39 is 0 Å². The van der Waals surface area contributed by atoms with Gasteiger partial charge < -0.3 is 9.27 Å². The Kier molecular flexibility index (Phi) is 6.53. The third kappa shape index (κ3) is 4.34. The van der Waals surface area contributed by atoms with Crippen molar-refractivity contribution in [3.63, 3.8) is 0 Å². The number of anilines is 1. The van der Waals surface area contributed by atoms with Crippen LogP contribution >= 0.6 is 23.5 Å². The van der Waals surface area contributed by atoms with Crippen LogP contribution in [0.2, 0.25) is 0 Å². The van der Waals surface area contributed by atoms with Crippen LogP contribution in [0.25, 0.3) is 0 Å². The Morgan fingerprint density at radius 1 is 0.897 bits per heavy atom. The Hall–Kier alpha value is -2.30. The van der Waals surface area contributed by atoms with E-state index in [2.05, 4.69) is 114 Å². The zero-order valence-electron chi connectivity index (χ0n) is 16.8. The lowest BCUT2D eigenvalue weighted by molar-refractivity contribution is -0.0407. The van der Waals surface area contributed by atoms with E-state index in [0.717, 1.165) is 13.2 Å². The molecule has 2 aliphatic heterocycles. The fraction of sp³-hybridized carbons (Fsp3) is 0.200. The largest absolute Gasteiger partial charge is 0.559 e. The molecule has 0 aliphatic carbocycles. The summed E-state index contributed by atoms with van der Waals surface area (Å²) in [5.41, 5.74) is 1.60. The number of allylic oxidation sites excluding steroid dienone is 6. The Morgan fingerprint density at radius 3 is 2.45 bits per heavy atom. The lowest BCUT2D eigenvalue weighted by Gasteiger charge is -2.22. The van der Waals surface area contributed by atoms with Crippen molar-refractivity contribution in [1.82, 2.24) is 0 Å². The number of thioether (sulfide) groups is 2. The van der Waals surface area contributed by atoms with Crippen molar-refractivity contribution in [2.24, 2.45) is 0 Å². The molecular weight excluding hydrogens is 394 g/mol. The molecule has 1 unspecified atom stereocenters. The van der Waals surface area contributed by atoms with Crippen LogP contribution in [0, 0.1) is 0 Å². The second-order valence-corrected chi connectivity index (χ2v) is 8.83. The van der Waals surface area contributed by atoms with Crippen LogP contribution in [0.5, 0.6) is 5.75 Å². The monoisotopic (exact) mass is 420 g/mol. The minimum absolute atomic E-state index is 0.291. The van der Waals surface area contributed by atoms with Gasteiger partial charge in [0.25, 0.3) is 11.2 Å². The molecule has 29 heavy (non-hydrogen) atoms. The topological polar surface area (TPSA) is 5.94 Å². The molecule has 2 heterocycles. The summed E-state index contributed by atoms with van der Waals surface area (Å²) in [6.07, 6.45) is 15.0. The van der Waals surface area contributed by atoms with Crippen molar-refractivity contribution in [2.75, 3.05) is 18.1 Å².